The zero-order chi connectivity index (χ0) is 19.1. The van der Waals surface area contributed by atoms with Crippen molar-refractivity contribution in [3.8, 4) is 11.5 Å². The van der Waals surface area contributed by atoms with Crippen LogP contribution in [0.5, 0.6) is 11.5 Å². The normalized spacial score (nSPS) is 15.2. The van der Waals surface area contributed by atoms with Crippen LogP contribution in [0.2, 0.25) is 0 Å². The van der Waals surface area contributed by atoms with Crippen LogP contribution in [-0.4, -0.2) is 72.7 Å². The second-order valence-corrected chi connectivity index (χ2v) is 6.28. The van der Waals surface area contributed by atoms with E-state index in [-0.39, 0.29) is 18.5 Å². The fourth-order valence-electron chi connectivity index (χ4n) is 3.36. The highest BCUT2D eigenvalue weighted by Crippen LogP contribution is 2.29. The van der Waals surface area contributed by atoms with Crippen LogP contribution in [0, 0.1) is 0 Å². The van der Waals surface area contributed by atoms with E-state index in [1.807, 2.05) is 23.6 Å². The molecule has 1 aromatic rings. The van der Waals surface area contributed by atoms with E-state index in [1.54, 1.807) is 25.3 Å². The standard InChI is InChI=1S/C19H28N2O5/c1-4-20(13-18(22)23)15-8-10-21(11-9-15)19(24)14-6-7-16(26-5-2)17(12-14)25-3/h6-7,12,15H,4-5,8-11,13H2,1-3H3,(H,22,23). The van der Waals surface area contributed by atoms with Crippen molar-refractivity contribution >= 4 is 11.9 Å². The lowest BCUT2D eigenvalue weighted by Crippen LogP contribution is -2.48. The van der Waals surface area contributed by atoms with Gasteiger partial charge in [0, 0.05) is 24.7 Å². The maximum absolute atomic E-state index is 12.8. The Morgan fingerprint density at radius 1 is 1.23 bits per heavy atom. The Bertz CT molecular complexity index is 626. The molecule has 7 nitrogen and oxygen atoms in total. The van der Waals surface area contributed by atoms with Gasteiger partial charge in [0.25, 0.3) is 5.91 Å². The summed E-state index contributed by atoms with van der Waals surface area (Å²) in [5.41, 5.74) is 0.571. The van der Waals surface area contributed by atoms with E-state index in [0.717, 1.165) is 12.8 Å². The summed E-state index contributed by atoms with van der Waals surface area (Å²) in [5.74, 6) is 0.321. The van der Waals surface area contributed by atoms with Crippen molar-refractivity contribution < 1.29 is 24.2 Å². The van der Waals surface area contributed by atoms with Crippen LogP contribution in [0.1, 0.15) is 37.0 Å². The van der Waals surface area contributed by atoms with E-state index in [9.17, 15) is 9.59 Å². The molecule has 0 bridgehead atoms. The maximum atomic E-state index is 12.8. The lowest BCUT2D eigenvalue weighted by molar-refractivity contribution is -0.139. The fourth-order valence-corrected chi connectivity index (χ4v) is 3.36. The van der Waals surface area contributed by atoms with Crippen LogP contribution < -0.4 is 9.47 Å². The average molecular weight is 364 g/mol. The van der Waals surface area contributed by atoms with Gasteiger partial charge < -0.3 is 19.5 Å². The number of likely N-dealkylation sites (tertiary alicyclic amines) is 1. The minimum absolute atomic E-state index is 0.0360. The molecule has 1 heterocycles. The van der Waals surface area contributed by atoms with E-state index in [0.29, 0.717) is 43.3 Å². The molecule has 1 amide bonds. The Morgan fingerprint density at radius 3 is 2.46 bits per heavy atom. The number of benzene rings is 1. The van der Waals surface area contributed by atoms with Gasteiger partial charge in [-0.15, -0.1) is 0 Å². The molecule has 1 aliphatic rings. The summed E-state index contributed by atoms with van der Waals surface area (Å²) in [6.45, 7) is 6.37. The van der Waals surface area contributed by atoms with Gasteiger partial charge in [-0.2, -0.15) is 0 Å². The molecule has 0 spiro atoms. The first-order valence-corrected chi connectivity index (χ1v) is 9.06. The van der Waals surface area contributed by atoms with Gasteiger partial charge in [0.05, 0.1) is 20.3 Å². The number of rotatable bonds is 8. The number of ether oxygens (including phenoxy) is 2. The lowest BCUT2D eigenvalue weighted by atomic mass is 10.0. The number of amides is 1. The summed E-state index contributed by atoms with van der Waals surface area (Å²) in [4.78, 5) is 27.5. The Labute approximate surface area is 154 Å². The predicted octanol–water partition coefficient (Wildman–Crippen LogP) is 2.10. The Morgan fingerprint density at radius 2 is 1.92 bits per heavy atom. The van der Waals surface area contributed by atoms with Crippen molar-refractivity contribution in [2.45, 2.75) is 32.7 Å². The number of aliphatic carboxylic acids is 1. The molecule has 1 saturated heterocycles. The quantitative estimate of drug-likeness (QED) is 0.761. The third-order valence-corrected chi connectivity index (χ3v) is 4.72. The average Bonchev–Trinajstić information content (AvgIpc) is 2.66. The number of nitrogens with zero attached hydrogens (tertiary/aromatic N) is 2. The van der Waals surface area contributed by atoms with Crippen LogP contribution in [0.3, 0.4) is 0 Å². The molecule has 0 radical (unpaired) electrons. The topological polar surface area (TPSA) is 79.3 Å². The van der Waals surface area contributed by atoms with Gasteiger partial charge in [-0.05, 0) is 44.5 Å². The number of hydrogen-bond donors (Lipinski definition) is 1. The summed E-state index contributed by atoms with van der Waals surface area (Å²) < 4.78 is 10.8. The zero-order valence-corrected chi connectivity index (χ0v) is 15.7. The summed E-state index contributed by atoms with van der Waals surface area (Å²) in [7, 11) is 1.55. The van der Waals surface area contributed by atoms with E-state index < -0.39 is 5.97 Å². The van der Waals surface area contributed by atoms with Crippen molar-refractivity contribution in [3.05, 3.63) is 23.8 Å². The van der Waals surface area contributed by atoms with Crippen molar-refractivity contribution in [3.63, 3.8) is 0 Å². The molecule has 7 heteroatoms. The molecule has 144 valence electrons. The monoisotopic (exact) mass is 364 g/mol. The lowest BCUT2D eigenvalue weighted by Gasteiger charge is -2.37. The first-order chi connectivity index (χ1) is 12.5. The molecular formula is C19H28N2O5. The number of carboxylic acids is 1. The molecule has 1 N–H and O–H groups in total. The third-order valence-electron chi connectivity index (χ3n) is 4.72. The molecule has 2 rings (SSSR count). The summed E-state index contributed by atoms with van der Waals surface area (Å²) in [6.07, 6.45) is 1.56. The van der Waals surface area contributed by atoms with Gasteiger partial charge in [0.15, 0.2) is 11.5 Å². The smallest absolute Gasteiger partial charge is 0.317 e. The number of carboxylic acid groups (broad SMARTS) is 1. The van der Waals surface area contributed by atoms with Gasteiger partial charge in [0.1, 0.15) is 0 Å². The number of carbonyl (C=O) groups is 2. The highest BCUT2D eigenvalue weighted by atomic mass is 16.5. The van der Waals surface area contributed by atoms with Crippen molar-refractivity contribution in [1.29, 1.82) is 0 Å². The number of likely N-dealkylation sites (N-methyl/N-ethyl adjacent to an activating group) is 1. The minimum Gasteiger partial charge on any atom is -0.493 e. The summed E-state index contributed by atoms with van der Waals surface area (Å²) in [6, 6.07) is 5.43. The van der Waals surface area contributed by atoms with Gasteiger partial charge in [-0.3, -0.25) is 14.5 Å². The number of methoxy groups -OCH3 is 1. The Balaban J connectivity index is 2.00. The van der Waals surface area contributed by atoms with Crippen LogP contribution in [0.15, 0.2) is 18.2 Å². The molecule has 0 atom stereocenters. The second-order valence-electron chi connectivity index (χ2n) is 6.28. The van der Waals surface area contributed by atoms with E-state index >= 15 is 0 Å². The predicted molar refractivity (Wildman–Crippen MR) is 98.0 cm³/mol. The highest BCUT2D eigenvalue weighted by molar-refractivity contribution is 5.95. The van der Waals surface area contributed by atoms with Gasteiger partial charge >= 0.3 is 5.97 Å². The van der Waals surface area contributed by atoms with Crippen LogP contribution in [-0.2, 0) is 4.79 Å². The first-order valence-electron chi connectivity index (χ1n) is 9.06. The molecule has 1 fully saturated rings. The Kier molecular flexibility index (Phi) is 7.26. The molecule has 0 unspecified atom stereocenters. The van der Waals surface area contributed by atoms with E-state index in [2.05, 4.69) is 0 Å². The van der Waals surface area contributed by atoms with Crippen molar-refractivity contribution in [2.75, 3.05) is 39.9 Å². The molecule has 0 saturated carbocycles. The largest absolute Gasteiger partial charge is 0.493 e. The summed E-state index contributed by atoms with van der Waals surface area (Å²) >= 11 is 0. The molecule has 0 aromatic heterocycles. The van der Waals surface area contributed by atoms with Gasteiger partial charge in [0.2, 0.25) is 0 Å². The molecule has 26 heavy (non-hydrogen) atoms. The number of piperidine rings is 1. The zero-order valence-electron chi connectivity index (χ0n) is 15.7. The fraction of sp³-hybridized carbons (Fsp3) is 0.579. The van der Waals surface area contributed by atoms with Crippen molar-refractivity contribution in [1.82, 2.24) is 9.80 Å². The van der Waals surface area contributed by atoms with E-state index in [1.165, 1.54) is 0 Å². The van der Waals surface area contributed by atoms with E-state index in [4.69, 9.17) is 14.6 Å². The highest BCUT2D eigenvalue weighted by Gasteiger charge is 2.28. The van der Waals surface area contributed by atoms with Gasteiger partial charge in [-0.25, -0.2) is 0 Å². The maximum Gasteiger partial charge on any atom is 0.317 e. The molecule has 1 aliphatic heterocycles. The molecule has 0 aliphatic carbocycles. The van der Waals surface area contributed by atoms with Crippen LogP contribution in [0.4, 0.5) is 0 Å². The van der Waals surface area contributed by atoms with Gasteiger partial charge in [-0.1, -0.05) is 6.92 Å². The molecular weight excluding hydrogens is 336 g/mol. The van der Waals surface area contributed by atoms with Crippen molar-refractivity contribution in [2.24, 2.45) is 0 Å². The SMILES string of the molecule is CCOc1ccc(C(=O)N2CCC(N(CC)CC(=O)O)CC2)cc1OC. The third kappa shape index (κ3) is 4.88. The minimum atomic E-state index is -0.813. The first kappa shape index (κ1) is 20.0. The van der Waals surface area contributed by atoms with Crippen LogP contribution in [0.25, 0.3) is 0 Å². The number of hydrogen-bond acceptors (Lipinski definition) is 5. The number of carbonyl (C=O) groups excluding carboxylic acids is 1. The molecule has 1 aromatic carbocycles. The second kappa shape index (κ2) is 9.43. The van der Waals surface area contributed by atoms with Crippen LogP contribution >= 0.6 is 0 Å². The summed E-state index contributed by atoms with van der Waals surface area (Å²) in [5, 5.41) is 9.02. The Hall–Kier alpha value is -2.28.